The first-order valence-corrected chi connectivity index (χ1v) is 7.83. The molecule has 0 amide bonds. The number of hydrogen-bond acceptors (Lipinski definition) is 4. The molecule has 1 aromatic carbocycles. The van der Waals surface area contributed by atoms with Crippen LogP contribution in [-0.4, -0.2) is 27.8 Å². The summed E-state index contributed by atoms with van der Waals surface area (Å²) in [6.07, 6.45) is 6.93. The Morgan fingerprint density at radius 3 is 2.84 bits per heavy atom. The minimum Gasteiger partial charge on any atom is -0.497 e. The Labute approximate surface area is 144 Å². The molecule has 0 unspecified atom stereocenters. The van der Waals surface area contributed by atoms with Crippen molar-refractivity contribution in [2.75, 3.05) is 7.11 Å². The number of ether oxygens (including phenoxy) is 1. The Bertz CT molecular complexity index is 1050. The second-order valence-electron chi connectivity index (χ2n) is 5.59. The Hall–Kier alpha value is -3.47. The van der Waals surface area contributed by atoms with E-state index in [1.165, 1.54) is 0 Å². The van der Waals surface area contributed by atoms with Gasteiger partial charge in [-0.05, 0) is 29.8 Å². The second kappa shape index (κ2) is 6.20. The number of aromatic nitrogens is 3. The molecule has 25 heavy (non-hydrogen) atoms. The molecule has 1 N–H and O–H groups in total. The van der Waals surface area contributed by atoms with Crippen molar-refractivity contribution in [3.05, 3.63) is 78.4 Å². The van der Waals surface area contributed by atoms with E-state index in [0.29, 0.717) is 22.5 Å². The fraction of sp³-hybridized carbons (Fsp3) is 0.0500. The van der Waals surface area contributed by atoms with E-state index in [1.807, 2.05) is 24.3 Å². The third kappa shape index (κ3) is 2.65. The summed E-state index contributed by atoms with van der Waals surface area (Å²) in [7, 11) is 1.58. The Morgan fingerprint density at radius 1 is 1.12 bits per heavy atom. The molecule has 3 heterocycles. The van der Waals surface area contributed by atoms with Crippen LogP contribution in [0.25, 0.3) is 22.2 Å². The van der Waals surface area contributed by atoms with Crippen LogP contribution >= 0.6 is 0 Å². The maximum Gasteiger partial charge on any atom is 0.195 e. The van der Waals surface area contributed by atoms with Crippen molar-refractivity contribution < 1.29 is 9.53 Å². The molecule has 0 saturated carbocycles. The predicted octanol–water partition coefficient (Wildman–Crippen LogP) is 3.86. The van der Waals surface area contributed by atoms with Crippen molar-refractivity contribution in [1.82, 2.24) is 15.0 Å². The number of nitrogens with one attached hydrogen (secondary N) is 1. The molecule has 3 aromatic heterocycles. The number of carbonyl (C=O) groups is 1. The van der Waals surface area contributed by atoms with Gasteiger partial charge in [0.1, 0.15) is 11.4 Å². The predicted molar refractivity (Wildman–Crippen MR) is 95.8 cm³/mol. The number of benzene rings is 1. The highest BCUT2D eigenvalue weighted by Crippen LogP contribution is 2.31. The van der Waals surface area contributed by atoms with Gasteiger partial charge in [-0.3, -0.25) is 9.78 Å². The Kier molecular flexibility index (Phi) is 3.74. The lowest BCUT2D eigenvalue weighted by Gasteiger charge is -2.06. The maximum absolute atomic E-state index is 13.1. The molecule has 0 aliphatic rings. The minimum absolute atomic E-state index is 0.0803. The zero-order chi connectivity index (χ0) is 17.2. The molecule has 0 bridgehead atoms. The summed E-state index contributed by atoms with van der Waals surface area (Å²) in [6, 6.07) is 12.9. The van der Waals surface area contributed by atoms with Crippen LogP contribution in [0.4, 0.5) is 0 Å². The molecule has 0 atom stereocenters. The van der Waals surface area contributed by atoms with Gasteiger partial charge in [0.25, 0.3) is 0 Å². The smallest absolute Gasteiger partial charge is 0.195 e. The van der Waals surface area contributed by atoms with Crippen LogP contribution in [0.3, 0.4) is 0 Å². The highest BCUT2D eigenvalue weighted by molar-refractivity contribution is 6.18. The van der Waals surface area contributed by atoms with E-state index >= 15 is 0 Å². The number of fused-ring (bicyclic) bond motifs is 1. The number of carbonyl (C=O) groups excluding carboxylic acids is 1. The molecular weight excluding hydrogens is 314 g/mol. The number of hydrogen-bond donors (Lipinski definition) is 1. The average molecular weight is 329 g/mol. The van der Waals surface area contributed by atoms with E-state index in [4.69, 9.17) is 4.74 Å². The van der Waals surface area contributed by atoms with Gasteiger partial charge in [0, 0.05) is 41.3 Å². The van der Waals surface area contributed by atoms with Crippen molar-refractivity contribution in [3.63, 3.8) is 0 Å². The lowest BCUT2D eigenvalue weighted by Crippen LogP contribution is -2.01. The SMILES string of the molecule is COc1cccc(C(=O)c2c[nH]c3nccc(-c4cccnc4)c23)c1. The van der Waals surface area contributed by atoms with E-state index in [2.05, 4.69) is 15.0 Å². The quantitative estimate of drug-likeness (QED) is 0.577. The van der Waals surface area contributed by atoms with Gasteiger partial charge in [0.05, 0.1) is 12.7 Å². The lowest BCUT2D eigenvalue weighted by molar-refractivity contribution is 0.104. The van der Waals surface area contributed by atoms with Crippen LogP contribution in [0.1, 0.15) is 15.9 Å². The monoisotopic (exact) mass is 329 g/mol. The first kappa shape index (κ1) is 15.1. The van der Waals surface area contributed by atoms with Crippen LogP contribution in [0.15, 0.2) is 67.3 Å². The molecular formula is C20H15N3O2. The van der Waals surface area contributed by atoms with Crippen molar-refractivity contribution in [3.8, 4) is 16.9 Å². The number of H-pyrrole nitrogens is 1. The zero-order valence-electron chi connectivity index (χ0n) is 13.6. The Balaban J connectivity index is 1.89. The first-order chi connectivity index (χ1) is 12.3. The molecule has 0 aliphatic heterocycles. The van der Waals surface area contributed by atoms with Crippen LogP contribution in [0.2, 0.25) is 0 Å². The summed E-state index contributed by atoms with van der Waals surface area (Å²) >= 11 is 0. The highest BCUT2D eigenvalue weighted by atomic mass is 16.5. The van der Waals surface area contributed by atoms with Crippen LogP contribution in [0.5, 0.6) is 5.75 Å². The first-order valence-electron chi connectivity index (χ1n) is 7.83. The molecule has 5 heteroatoms. The summed E-state index contributed by atoms with van der Waals surface area (Å²) in [4.78, 5) is 24.7. The lowest BCUT2D eigenvalue weighted by atomic mass is 9.98. The van der Waals surface area contributed by atoms with Gasteiger partial charge in [-0.1, -0.05) is 18.2 Å². The van der Waals surface area contributed by atoms with Crippen LogP contribution in [-0.2, 0) is 0 Å². The molecule has 122 valence electrons. The molecule has 5 nitrogen and oxygen atoms in total. The number of aromatic amines is 1. The maximum atomic E-state index is 13.1. The number of nitrogens with zero attached hydrogens (tertiary/aromatic N) is 2. The Morgan fingerprint density at radius 2 is 2.04 bits per heavy atom. The van der Waals surface area contributed by atoms with Gasteiger partial charge in [-0.25, -0.2) is 4.98 Å². The molecule has 0 fully saturated rings. The third-order valence-electron chi connectivity index (χ3n) is 4.12. The topological polar surface area (TPSA) is 67.9 Å². The third-order valence-corrected chi connectivity index (χ3v) is 4.12. The molecule has 4 aromatic rings. The molecule has 0 aliphatic carbocycles. The van der Waals surface area contributed by atoms with E-state index < -0.39 is 0 Å². The van der Waals surface area contributed by atoms with Crippen LogP contribution < -0.4 is 4.74 Å². The molecule has 0 saturated heterocycles. The van der Waals surface area contributed by atoms with E-state index in [1.54, 1.807) is 50.1 Å². The molecule has 0 spiro atoms. The van der Waals surface area contributed by atoms with Crippen molar-refractivity contribution in [1.29, 1.82) is 0 Å². The van der Waals surface area contributed by atoms with Gasteiger partial charge in [0.15, 0.2) is 5.78 Å². The van der Waals surface area contributed by atoms with E-state index in [-0.39, 0.29) is 5.78 Å². The van der Waals surface area contributed by atoms with Crippen LogP contribution in [0, 0.1) is 0 Å². The fourth-order valence-corrected chi connectivity index (χ4v) is 2.92. The number of rotatable bonds is 4. The summed E-state index contributed by atoms with van der Waals surface area (Å²) in [6.45, 7) is 0. The van der Waals surface area contributed by atoms with Crippen molar-refractivity contribution in [2.24, 2.45) is 0 Å². The molecule has 4 rings (SSSR count). The fourth-order valence-electron chi connectivity index (χ4n) is 2.92. The van der Waals surface area contributed by atoms with Crippen molar-refractivity contribution >= 4 is 16.8 Å². The highest BCUT2D eigenvalue weighted by Gasteiger charge is 2.18. The largest absolute Gasteiger partial charge is 0.497 e. The van der Waals surface area contributed by atoms with Gasteiger partial charge < -0.3 is 9.72 Å². The summed E-state index contributed by atoms with van der Waals surface area (Å²) in [5, 5.41) is 0.795. The average Bonchev–Trinajstić information content (AvgIpc) is 3.12. The van der Waals surface area contributed by atoms with E-state index in [9.17, 15) is 4.79 Å². The minimum atomic E-state index is -0.0803. The molecule has 0 radical (unpaired) electrons. The number of methoxy groups -OCH3 is 1. The number of ketones is 1. The summed E-state index contributed by atoms with van der Waals surface area (Å²) < 4.78 is 5.22. The summed E-state index contributed by atoms with van der Waals surface area (Å²) in [5.41, 5.74) is 3.68. The van der Waals surface area contributed by atoms with Gasteiger partial charge >= 0.3 is 0 Å². The second-order valence-corrected chi connectivity index (χ2v) is 5.59. The summed E-state index contributed by atoms with van der Waals surface area (Å²) in [5.74, 6) is 0.569. The zero-order valence-corrected chi connectivity index (χ0v) is 13.6. The standard InChI is InChI=1S/C20H15N3O2/c1-25-15-6-2-4-13(10-15)19(24)17-12-23-20-18(17)16(7-9-22-20)14-5-3-8-21-11-14/h2-12H,1H3,(H,22,23). The van der Waals surface area contributed by atoms with Gasteiger partial charge in [-0.2, -0.15) is 0 Å². The number of pyridine rings is 2. The normalized spacial score (nSPS) is 10.8. The van der Waals surface area contributed by atoms with Gasteiger partial charge in [0.2, 0.25) is 0 Å². The van der Waals surface area contributed by atoms with Gasteiger partial charge in [-0.15, -0.1) is 0 Å². The van der Waals surface area contributed by atoms with E-state index in [0.717, 1.165) is 16.5 Å². The van der Waals surface area contributed by atoms with Crippen molar-refractivity contribution in [2.45, 2.75) is 0 Å².